The number of rotatable bonds is 8. The van der Waals surface area contributed by atoms with Gasteiger partial charge in [-0.3, -0.25) is 0 Å². The molecule has 0 heterocycles. The normalized spacial score (nSPS) is 17.6. The van der Waals surface area contributed by atoms with Crippen LogP contribution in [0.1, 0.15) is 65.7 Å². The summed E-state index contributed by atoms with van der Waals surface area (Å²) in [5.74, 6) is -2.18. The van der Waals surface area contributed by atoms with Gasteiger partial charge in [0, 0.05) is 5.41 Å². The highest BCUT2D eigenvalue weighted by Gasteiger charge is 2.43. The van der Waals surface area contributed by atoms with Crippen molar-refractivity contribution in [1.82, 2.24) is 0 Å². The van der Waals surface area contributed by atoms with Crippen molar-refractivity contribution in [2.24, 2.45) is 5.41 Å². The minimum atomic E-state index is -1.10. The molecule has 4 nitrogen and oxygen atoms in total. The number of carbonyl (C=O) groups is 2. The average Bonchev–Trinajstić information content (AvgIpc) is 2.43. The van der Waals surface area contributed by atoms with Gasteiger partial charge in [0.1, 0.15) is 0 Å². The summed E-state index contributed by atoms with van der Waals surface area (Å²) in [6.07, 6.45) is 7.28. The van der Waals surface area contributed by atoms with Gasteiger partial charge >= 0.3 is 11.9 Å². The van der Waals surface area contributed by atoms with Crippen molar-refractivity contribution in [3.05, 3.63) is 22.8 Å². The second-order valence-corrected chi connectivity index (χ2v) is 5.84. The van der Waals surface area contributed by atoms with Crippen LogP contribution in [0.4, 0.5) is 0 Å². The lowest BCUT2D eigenvalue weighted by Gasteiger charge is -2.39. The molecule has 0 radical (unpaired) electrons. The van der Waals surface area contributed by atoms with E-state index in [1.54, 1.807) is 0 Å². The molecule has 0 atom stereocenters. The minimum absolute atomic E-state index is 0.0558. The van der Waals surface area contributed by atoms with Crippen molar-refractivity contribution >= 4 is 11.9 Å². The monoisotopic (exact) mass is 294 g/mol. The average molecular weight is 294 g/mol. The van der Waals surface area contributed by atoms with Crippen molar-refractivity contribution in [3.63, 3.8) is 0 Å². The van der Waals surface area contributed by atoms with Crippen molar-refractivity contribution in [2.75, 3.05) is 0 Å². The molecule has 0 saturated heterocycles. The van der Waals surface area contributed by atoms with Gasteiger partial charge in [-0.05, 0) is 26.2 Å². The molecule has 1 aliphatic rings. The third-order valence-electron chi connectivity index (χ3n) is 4.53. The number of carboxylic acids is 2. The van der Waals surface area contributed by atoms with E-state index in [0.717, 1.165) is 31.3 Å². The van der Waals surface area contributed by atoms with Gasteiger partial charge in [0.05, 0.1) is 11.1 Å². The van der Waals surface area contributed by atoms with Crippen molar-refractivity contribution in [3.8, 4) is 0 Å². The third kappa shape index (κ3) is 3.55. The standard InChI is InChI=1S/C17H26O4/c1-4-6-10-17(11-7-5-2)12(3)8-9-13(15(18)19)14(17)16(20)21/h8H,4-7,9-11H2,1-3H3,(H,18,19)(H,20,21). The molecule has 0 saturated carbocycles. The van der Waals surface area contributed by atoms with E-state index >= 15 is 0 Å². The number of aliphatic carboxylic acids is 2. The zero-order valence-electron chi connectivity index (χ0n) is 13.2. The van der Waals surface area contributed by atoms with E-state index in [4.69, 9.17) is 0 Å². The fourth-order valence-electron chi connectivity index (χ4n) is 3.29. The maximum absolute atomic E-state index is 11.8. The molecule has 4 heteroatoms. The fraction of sp³-hybridized carbons (Fsp3) is 0.647. The molecule has 0 spiro atoms. The van der Waals surface area contributed by atoms with Crippen molar-refractivity contribution in [2.45, 2.75) is 65.7 Å². The van der Waals surface area contributed by atoms with E-state index in [9.17, 15) is 19.8 Å². The van der Waals surface area contributed by atoms with E-state index in [1.807, 2.05) is 13.0 Å². The van der Waals surface area contributed by atoms with Gasteiger partial charge < -0.3 is 10.2 Å². The van der Waals surface area contributed by atoms with Gasteiger partial charge in [-0.2, -0.15) is 0 Å². The quantitative estimate of drug-likeness (QED) is 0.659. The molecule has 0 amide bonds. The van der Waals surface area contributed by atoms with Crippen LogP contribution in [0.3, 0.4) is 0 Å². The van der Waals surface area contributed by atoms with Gasteiger partial charge in [0.25, 0.3) is 0 Å². The highest BCUT2D eigenvalue weighted by molar-refractivity contribution is 6.01. The van der Waals surface area contributed by atoms with Gasteiger partial charge in [-0.25, -0.2) is 9.59 Å². The fourth-order valence-corrected chi connectivity index (χ4v) is 3.29. The number of allylic oxidation sites excluding steroid dienone is 2. The predicted octanol–water partition coefficient (Wildman–Crippen LogP) is 4.17. The highest BCUT2D eigenvalue weighted by Crippen LogP contribution is 2.49. The number of unbranched alkanes of at least 4 members (excludes halogenated alkanes) is 2. The summed E-state index contributed by atoms with van der Waals surface area (Å²) >= 11 is 0. The molecule has 0 aromatic carbocycles. The van der Waals surface area contributed by atoms with Crippen LogP contribution >= 0.6 is 0 Å². The van der Waals surface area contributed by atoms with E-state index in [0.29, 0.717) is 12.8 Å². The topological polar surface area (TPSA) is 74.6 Å². The molecule has 0 aromatic rings. The first-order chi connectivity index (χ1) is 9.90. The van der Waals surface area contributed by atoms with E-state index in [-0.39, 0.29) is 17.6 Å². The van der Waals surface area contributed by atoms with Gasteiger partial charge in [-0.1, -0.05) is 51.2 Å². The molecule has 21 heavy (non-hydrogen) atoms. The predicted molar refractivity (Wildman–Crippen MR) is 82.2 cm³/mol. The van der Waals surface area contributed by atoms with Gasteiger partial charge in [-0.15, -0.1) is 0 Å². The maximum Gasteiger partial charge on any atom is 0.333 e. The molecule has 1 rings (SSSR count). The third-order valence-corrected chi connectivity index (χ3v) is 4.53. The molecule has 0 unspecified atom stereocenters. The molecule has 0 aromatic heterocycles. The second kappa shape index (κ2) is 7.43. The second-order valence-electron chi connectivity index (χ2n) is 5.84. The number of hydrogen-bond donors (Lipinski definition) is 2. The van der Waals surface area contributed by atoms with Crippen LogP contribution in [0.25, 0.3) is 0 Å². The zero-order chi connectivity index (χ0) is 16.0. The lowest BCUT2D eigenvalue weighted by Crippen LogP contribution is -2.34. The first-order valence-corrected chi connectivity index (χ1v) is 7.78. The Morgan fingerprint density at radius 3 is 2.00 bits per heavy atom. The summed E-state index contributed by atoms with van der Waals surface area (Å²) in [6.45, 7) is 6.09. The van der Waals surface area contributed by atoms with Crippen LogP contribution in [-0.4, -0.2) is 22.2 Å². The summed E-state index contributed by atoms with van der Waals surface area (Å²) in [4.78, 5) is 23.3. The molecule has 1 aliphatic carbocycles. The van der Waals surface area contributed by atoms with E-state index in [1.165, 1.54) is 0 Å². The lowest BCUT2D eigenvalue weighted by atomic mass is 9.63. The SMILES string of the molecule is CCCCC1(CCCC)C(C)=CCC(C(=O)O)=C1C(=O)O. The van der Waals surface area contributed by atoms with E-state index < -0.39 is 17.4 Å². The molecule has 0 fully saturated rings. The molecule has 0 bridgehead atoms. The number of hydrogen-bond acceptors (Lipinski definition) is 2. The van der Waals surface area contributed by atoms with Crippen LogP contribution in [0.5, 0.6) is 0 Å². The number of carboxylic acid groups (broad SMARTS) is 2. The minimum Gasteiger partial charge on any atom is -0.478 e. The Balaban J connectivity index is 3.42. The molecular formula is C17H26O4. The van der Waals surface area contributed by atoms with Gasteiger partial charge in [0.15, 0.2) is 0 Å². The first-order valence-electron chi connectivity index (χ1n) is 7.78. The largest absolute Gasteiger partial charge is 0.478 e. The van der Waals surface area contributed by atoms with Crippen LogP contribution < -0.4 is 0 Å². The summed E-state index contributed by atoms with van der Waals surface area (Å²) in [7, 11) is 0. The molecule has 2 N–H and O–H groups in total. The Bertz CT molecular complexity index is 463. The van der Waals surface area contributed by atoms with Crippen LogP contribution in [0.15, 0.2) is 22.8 Å². The Morgan fingerprint density at radius 2 is 1.62 bits per heavy atom. The molecule has 118 valence electrons. The first kappa shape index (κ1) is 17.5. The Hall–Kier alpha value is -1.58. The summed E-state index contributed by atoms with van der Waals surface area (Å²) in [5.41, 5.74) is 0.591. The Kier molecular flexibility index (Phi) is 6.19. The summed E-state index contributed by atoms with van der Waals surface area (Å²) < 4.78 is 0. The van der Waals surface area contributed by atoms with Crippen LogP contribution in [0, 0.1) is 5.41 Å². The smallest absolute Gasteiger partial charge is 0.333 e. The van der Waals surface area contributed by atoms with Crippen molar-refractivity contribution in [1.29, 1.82) is 0 Å². The Morgan fingerprint density at radius 1 is 1.10 bits per heavy atom. The van der Waals surface area contributed by atoms with Crippen LogP contribution in [-0.2, 0) is 9.59 Å². The molecule has 0 aliphatic heterocycles. The summed E-state index contributed by atoms with van der Waals surface area (Å²) in [5, 5.41) is 19.0. The molecular weight excluding hydrogens is 268 g/mol. The van der Waals surface area contributed by atoms with Crippen LogP contribution in [0.2, 0.25) is 0 Å². The Labute approximate surface area is 126 Å². The van der Waals surface area contributed by atoms with Crippen molar-refractivity contribution < 1.29 is 19.8 Å². The maximum atomic E-state index is 11.8. The summed E-state index contributed by atoms with van der Waals surface area (Å²) in [6, 6.07) is 0. The van der Waals surface area contributed by atoms with E-state index in [2.05, 4.69) is 13.8 Å². The zero-order valence-corrected chi connectivity index (χ0v) is 13.2. The van der Waals surface area contributed by atoms with Gasteiger partial charge in [0.2, 0.25) is 0 Å². The lowest BCUT2D eigenvalue weighted by molar-refractivity contribution is -0.137. The highest BCUT2D eigenvalue weighted by atomic mass is 16.4.